The van der Waals surface area contributed by atoms with Crippen molar-refractivity contribution < 1.29 is 9.90 Å². The number of aromatic nitrogens is 1. The van der Waals surface area contributed by atoms with Crippen molar-refractivity contribution in [2.24, 2.45) is 0 Å². The third-order valence-electron chi connectivity index (χ3n) is 3.22. The average Bonchev–Trinajstić information content (AvgIpc) is 2.38. The molecule has 2 N–H and O–H groups in total. The summed E-state index contributed by atoms with van der Waals surface area (Å²) in [5.41, 5.74) is -0.124. The highest BCUT2D eigenvalue weighted by molar-refractivity contribution is 5.84. The Kier molecular flexibility index (Phi) is 3.69. The van der Waals surface area contributed by atoms with Crippen LogP contribution in [0.15, 0.2) is 36.4 Å². The van der Waals surface area contributed by atoms with E-state index in [1.165, 1.54) is 0 Å². The zero-order valence-electron chi connectivity index (χ0n) is 11.2. The van der Waals surface area contributed by atoms with Gasteiger partial charge in [0, 0.05) is 5.39 Å². The second-order valence-corrected chi connectivity index (χ2v) is 4.90. The molecule has 0 aliphatic heterocycles. The van der Waals surface area contributed by atoms with Gasteiger partial charge in [-0.3, -0.25) is 0 Å². The van der Waals surface area contributed by atoms with E-state index >= 15 is 0 Å². The van der Waals surface area contributed by atoms with Crippen LogP contribution in [0, 0.1) is 0 Å². The Balaban J connectivity index is 2.31. The number of aliphatic carboxylic acids is 1. The summed E-state index contributed by atoms with van der Waals surface area (Å²) in [5, 5.41) is 13.4. The Labute approximate surface area is 112 Å². The molecule has 0 spiro atoms. The molecule has 1 aromatic heterocycles. The number of pyridine rings is 1. The lowest BCUT2D eigenvalue weighted by atomic mass is 9.96. The first-order chi connectivity index (χ1) is 9.05. The average molecular weight is 258 g/mol. The van der Waals surface area contributed by atoms with Gasteiger partial charge in [-0.1, -0.05) is 31.5 Å². The molecule has 0 amide bonds. The molecule has 100 valence electrons. The number of benzene rings is 1. The summed E-state index contributed by atoms with van der Waals surface area (Å²) >= 11 is 0. The normalized spacial score (nSPS) is 14.0. The largest absolute Gasteiger partial charge is 0.480 e. The first kappa shape index (κ1) is 13.3. The van der Waals surface area contributed by atoms with Gasteiger partial charge < -0.3 is 10.4 Å². The lowest BCUT2D eigenvalue weighted by molar-refractivity contribution is -0.142. The fourth-order valence-corrected chi connectivity index (χ4v) is 2.14. The molecule has 0 saturated heterocycles. The number of hydrogen-bond donors (Lipinski definition) is 2. The molecule has 1 atom stereocenters. The molecule has 1 heterocycles. The molecule has 0 fully saturated rings. The minimum absolute atomic E-state index is 0.552. The summed E-state index contributed by atoms with van der Waals surface area (Å²) in [6.45, 7) is 3.66. The highest BCUT2D eigenvalue weighted by atomic mass is 16.4. The maximum absolute atomic E-state index is 11.4. The van der Waals surface area contributed by atoms with Gasteiger partial charge in [-0.15, -0.1) is 0 Å². The monoisotopic (exact) mass is 258 g/mol. The number of nitrogens with one attached hydrogen (secondary N) is 1. The van der Waals surface area contributed by atoms with Crippen molar-refractivity contribution in [3.05, 3.63) is 36.4 Å². The van der Waals surface area contributed by atoms with E-state index in [9.17, 15) is 9.90 Å². The van der Waals surface area contributed by atoms with E-state index in [0.717, 1.165) is 17.3 Å². The Morgan fingerprint density at radius 2 is 2.05 bits per heavy atom. The molecule has 2 aromatic rings. The lowest BCUT2D eigenvalue weighted by Crippen LogP contribution is -2.43. The molecule has 1 aromatic carbocycles. The van der Waals surface area contributed by atoms with Crippen LogP contribution in [-0.4, -0.2) is 21.6 Å². The van der Waals surface area contributed by atoms with Crippen molar-refractivity contribution >= 4 is 22.7 Å². The van der Waals surface area contributed by atoms with Crippen LogP contribution in [0.5, 0.6) is 0 Å². The summed E-state index contributed by atoms with van der Waals surface area (Å²) in [4.78, 5) is 15.8. The van der Waals surface area contributed by atoms with Crippen molar-refractivity contribution in [1.82, 2.24) is 4.98 Å². The Bertz CT molecular complexity index is 597. The SMILES string of the molecule is CCCC(C)(Nc1ccc2ccccc2n1)C(=O)O. The number of fused-ring (bicyclic) bond motifs is 1. The van der Waals surface area contributed by atoms with E-state index < -0.39 is 11.5 Å². The van der Waals surface area contributed by atoms with E-state index in [0.29, 0.717) is 12.2 Å². The summed E-state index contributed by atoms with van der Waals surface area (Å²) in [6.07, 6.45) is 1.35. The zero-order chi connectivity index (χ0) is 13.9. The predicted octanol–water partition coefficient (Wildman–Crippen LogP) is 3.29. The molecular weight excluding hydrogens is 240 g/mol. The maximum Gasteiger partial charge on any atom is 0.329 e. The number of hydrogen-bond acceptors (Lipinski definition) is 3. The van der Waals surface area contributed by atoms with Crippen molar-refractivity contribution in [2.45, 2.75) is 32.2 Å². The molecule has 4 nitrogen and oxygen atoms in total. The topological polar surface area (TPSA) is 62.2 Å². The van der Waals surface area contributed by atoms with Crippen LogP contribution in [0.2, 0.25) is 0 Å². The quantitative estimate of drug-likeness (QED) is 0.863. The third-order valence-corrected chi connectivity index (χ3v) is 3.22. The van der Waals surface area contributed by atoms with Crippen molar-refractivity contribution in [2.75, 3.05) is 5.32 Å². The van der Waals surface area contributed by atoms with Crippen LogP contribution in [0.1, 0.15) is 26.7 Å². The van der Waals surface area contributed by atoms with E-state index in [2.05, 4.69) is 10.3 Å². The summed E-state index contributed by atoms with van der Waals surface area (Å²) < 4.78 is 0. The van der Waals surface area contributed by atoms with Crippen LogP contribution in [0.3, 0.4) is 0 Å². The third kappa shape index (κ3) is 2.84. The van der Waals surface area contributed by atoms with Crippen LogP contribution in [0.4, 0.5) is 5.82 Å². The number of carbonyl (C=O) groups is 1. The second kappa shape index (κ2) is 5.26. The van der Waals surface area contributed by atoms with Gasteiger partial charge in [0.15, 0.2) is 0 Å². The molecule has 2 rings (SSSR count). The van der Waals surface area contributed by atoms with E-state index in [1.54, 1.807) is 6.92 Å². The van der Waals surface area contributed by atoms with Crippen LogP contribution >= 0.6 is 0 Å². The van der Waals surface area contributed by atoms with Gasteiger partial charge in [0.25, 0.3) is 0 Å². The highest BCUT2D eigenvalue weighted by Gasteiger charge is 2.32. The van der Waals surface area contributed by atoms with E-state index in [1.807, 2.05) is 43.3 Å². The number of carboxylic acids is 1. The smallest absolute Gasteiger partial charge is 0.329 e. The molecule has 4 heteroatoms. The highest BCUT2D eigenvalue weighted by Crippen LogP contribution is 2.21. The molecular formula is C15H18N2O2. The van der Waals surface area contributed by atoms with Gasteiger partial charge in [0.1, 0.15) is 11.4 Å². The fourth-order valence-electron chi connectivity index (χ4n) is 2.14. The lowest BCUT2D eigenvalue weighted by Gasteiger charge is -2.26. The van der Waals surface area contributed by atoms with E-state index in [-0.39, 0.29) is 0 Å². The molecule has 0 aliphatic rings. The molecule has 0 saturated carbocycles. The molecule has 19 heavy (non-hydrogen) atoms. The van der Waals surface area contributed by atoms with Gasteiger partial charge in [0.05, 0.1) is 5.52 Å². The number of nitrogens with zero attached hydrogens (tertiary/aromatic N) is 1. The van der Waals surface area contributed by atoms with Crippen molar-refractivity contribution in [1.29, 1.82) is 0 Å². The second-order valence-electron chi connectivity index (χ2n) is 4.90. The van der Waals surface area contributed by atoms with Crippen LogP contribution < -0.4 is 5.32 Å². The Hall–Kier alpha value is -2.10. The first-order valence-electron chi connectivity index (χ1n) is 6.42. The molecule has 0 aliphatic carbocycles. The fraction of sp³-hybridized carbons (Fsp3) is 0.333. The Morgan fingerprint density at radius 3 is 2.74 bits per heavy atom. The minimum Gasteiger partial charge on any atom is -0.480 e. The summed E-state index contributed by atoms with van der Waals surface area (Å²) in [7, 11) is 0. The van der Waals surface area contributed by atoms with Gasteiger partial charge in [-0.25, -0.2) is 9.78 Å². The summed E-state index contributed by atoms with van der Waals surface area (Å²) in [6, 6.07) is 11.5. The molecule has 0 bridgehead atoms. The standard InChI is InChI=1S/C15H18N2O2/c1-3-10-15(2,14(18)19)17-13-9-8-11-6-4-5-7-12(11)16-13/h4-9H,3,10H2,1-2H3,(H,16,17)(H,18,19). The number of carboxylic acid groups (broad SMARTS) is 1. The number of para-hydroxylation sites is 1. The number of anilines is 1. The molecule has 1 unspecified atom stereocenters. The minimum atomic E-state index is -0.982. The van der Waals surface area contributed by atoms with Gasteiger partial charge >= 0.3 is 5.97 Å². The maximum atomic E-state index is 11.4. The van der Waals surface area contributed by atoms with E-state index in [4.69, 9.17) is 0 Å². The predicted molar refractivity (Wildman–Crippen MR) is 76.3 cm³/mol. The zero-order valence-corrected chi connectivity index (χ0v) is 11.2. The summed E-state index contributed by atoms with van der Waals surface area (Å²) in [5.74, 6) is -0.263. The van der Waals surface area contributed by atoms with Crippen molar-refractivity contribution in [3.63, 3.8) is 0 Å². The van der Waals surface area contributed by atoms with Gasteiger partial charge in [-0.05, 0) is 31.5 Å². The first-order valence-corrected chi connectivity index (χ1v) is 6.42. The molecule has 0 radical (unpaired) electrons. The van der Waals surface area contributed by atoms with Gasteiger partial charge in [0.2, 0.25) is 0 Å². The number of rotatable bonds is 5. The van der Waals surface area contributed by atoms with Crippen LogP contribution in [0.25, 0.3) is 10.9 Å². The Morgan fingerprint density at radius 1 is 1.32 bits per heavy atom. The van der Waals surface area contributed by atoms with Gasteiger partial charge in [-0.2, -0.15) is 0 Å². The van der Waals surface area contributed by atoms with Crippen molar-refractivity contribution in [3.8, 4) is 0 Å². The van der Waals surface area contributed by atoms with Crippen LogP contribution in [-0.2, 0) is 4.79 Å².